The van der Waals surface area contributed by atoms with Crippen molar-refractivity contribution < 1.29 is 4.79 Å². The Kier molecular flexibility index (Phi) is 5.23. The molecule has 0 unspecified atom stereocenters. The Morgan fingerprint density at radius 1 is 0.926 bits per heavy atom. The monoisotopic (exact) mass is 380 g/mol. The van der Waals surface area contributed by atoms with Crippen LogP contribution in [0.1, 0.15) is 16.1 Å². The first-order valence-corrected chi connectivity index (χ1v) is 9.44. The fourth-order valence-electron chi connectivity index (χ4n) is 3.28. The lowest BCUT2D eigenvalue weighted by molar-refractivity contribution is 0.0627. The van der Waals surface area contributed by atoms with Crippen LogP contribution in [0.4, 0.5) is 0 Å². The minimum Gasteiger partial charge on any atom is -0.336 e. The predicted molar refractivity (Wildman–Crippen MR) is 106 cm³/mol. The molecule has 2 aromatic carbocycles. The first kappa shape index (κ1) is 17.8. The van der Waals surface area contributed by atoms with Crippen LogP contribution in [0.2, 0.25) is 5.02 Å². The fourth-order valence-corrected chi connectivity index (χ4v) is 3.41. The van der Waals surface area contributed by atoms with E-state index in [2.05, 4.69) is 16.1 Å². The van der Waals surface area contributed by atoms with Crippen molar-refractivity contribution in [1.82, 2.24) is 19.6 Å². The number of benzene rings is 2. The van der Waals surface area contributed by atoms with Gasteiger partial charge in [0, 0.05) is 49.5 Å². The van der Waals surface area contributed by atoms with E-state index in [9.17, 15) is 4.79 Å². The molecular weight excluding hydrogens is 360 g/mol. The third-order valence-electron chi connectivity index (χ3n) is 4.80. The Labute approximate surface area is 163 Å². The molecule has 1 aliphatic rings. The number of carbonyl (C=O) groups is 1. The lowest BCUT2D eigenvalue weighted by Gasteiger charge is -2.34. The second kappa shape index (κ2) is 7.94. The largest absolute Gasteiger partial charge is 0.336 e. The molecule has 0 radical (unpaired) electrons. The highest BCUT2D eigenvalue weighted by atomic mass is 35.5. The van der Waals surface area contributed by atoms with Crippen LogP contribution in [0, 0.1) is 0 Å². The van der Waals surface area contributed by atoms with Gasteiger partial charge in [0.1, 0.15) is 0 Å². The summed E-state index contributed by atoms with van der Waals surface area (Å²) in [6.07, 6.45) is 1.99. The van der Waals surface area contributed by atoms with E-state index in [0.29, 0.717) is 10.6 Å². The normalized spacial score (nSPS) is 15.1. The van der Waals surface area contributed by atoms with Crippen molar-refractivity contribution in [2.24, 2.45) is 0 Å². The van der Waals surface area contributed by atoms with E-state index in [1.54, 1.807) is 24.3 Å². The van der Waals surface area contributed by atoms with Gasteiger partial charge >= 0.3 is 0 Å². The van der Waals surface area contributed by atoms with Crippen molar-refractivity contribution in [2.75, 3.05) is 26.2 Å². The smallest absolute Gasteiger partial charge is 0.253 e. The molecule has 1 saturated heterocycles. The second-order valence-electron chi connectivity index (χ2n) is 6.66. The van der Waals surface area contributed by atoms with Gasteiger partial charge in [0.25, 0.3) is 5.91 Å². The number of aromatic nitrogens is 2. The molecule has 0 aliphatic carbocycles. The summed E-state index contributed by atoms with van der Waals surface area (Å²) in [7, 11) is 0. The van der Waals surface area contributed by atoms with Gasteiger partial charge in [0.2, 0.25) is 0 Å². The third-order valence-corrected chi connectivity index (χ3v) is 5.05. The fraction of sp³-hybridized carbons (Fsp3) is 0.238. The number of carbonyl (C=O) groups excluding carboxylic acids is 1. The maximum absolute atomic E-state index is 12.6. The number of para-hydroxylation sites is 1. The summed E-state index contributed by atoms with van der Waals surface area (Å²) in [5, 5.41) is 5.31. The van der Waals surface area contributed by atoms with Gasteiger partial charge in [-0.1, -0.05) is 29.8 Å². The molecule has 0 bridgehead atoms. The zero-order valence-electron chi connectivity index (χ0n) is 15.0. The van der Waals surface area contributed by atoms with Crippen LogP contribution in [-0.2, 0) is 6.54 Å². The van der Waals surface area contributed by atoms with Gasteiger partial charge in [-0.2, -0.15) is 5.10 Å². The molecular formula is C21H21ClN4O. The highest BCUT2D eigenvalue weighted by Crippen LogP contribution is 2.14. The number of nitrogens with zero attached hydrogens (tertiary/aromatic N) is 4. The average molecular weight is 381 g/mol. The van der Waals surface area contributed by atoms with Gasteiger partial charge < -0.3 is 4.90 Å². The minimum absolute atomic E-state index is 0.0691. The highest BCUT2D eigenvalue weighted by molar-refractivity contribution is 6.30. The van der Waals surface area contributed by atoms with Gasteiger partial charge in [-0.25, -0.2) is 4.68 Å². The number of halogens is 1. The van der Waals surface area contributed by atoms with E-state index in [-0.39, 0.29) is 5.91 Å². The van der Waals surface area contributed by atoms with Crippen LogP contribution in [0.25, 0.3) is 5.69 Å². The third kappa shape index (κ3) is 4.21. The van der Waals surface area contributed by atoms with E-state index in [0.717, 1.165) is 44.1 Å². The summed E-state index contributed by atoms with van der Waals surface area (Å²) in [5.74, 6) is 0.0691. The zero-order valence-corrected chi connectivity index (χ0v) is 15.7. The molecule has 3 aromatic rings. The van der Waals surface area contributed by atoms with Gasteiger partial charge in [-0.15, -0.1) is 0 Å². The summed E-state index contributed by atoms with van der Waals surface area (Å²) >= 11 is 5.90. The number of rotatable bonds is 4. The maximum atomic E-state index is 12.6. The molecule has 6 heteroatoms. The SMILES string of the molecule is O=C(c1ccc(Cl)cc1)N1CCN(Cc2ccn(-c3ccccc3)n2)CC1. The van der Waals surface area contributed by atoms with Crippen LogP contribution in [0.5, 0.6) is 0 Å². The van der Waals surface area contributed by atoms with Crippen molar-refractivity contribution in [2.45, 2.75) is 6.54 Å². The lowest BCUT2D eigenvalue weighted by atomic mass is 10.2. The first-order chi connectivity index (χ1) is 13.2. The summed E-state index contributed by atoms with van der Waals surface area (Å²) < 4.78 is 1.90. The second-order valence-corrected chi connectivity index (χ2v) is 7.10. The first-order valence-electron chi connectivity index (χ1n) is 9.06. The molecule has 1 fully saturated rings. The van der Waals surface area contributed by atoms with Crippen molar-refractivity contribution >= 4 is 17.5 Å². The quantitative estimate of drug-likeness (QED) is 0.695. The maximum Gasteiger partial charge on any atom is 0.253 e. The van der Waals surface area contributed by atoms with Crippen LogP contribution in [0.3, 0.4) is 0 Å². The van der Waals surface area contributed by atoms with Crippen LogP contribution in [0.15, 0.2) is 66.9 Å². The van der Waals surface area contributed by atoms with E-state index in [4.69, 9.17) is 11.6 Å². The number of amides is 1. The van der Waals surface area contributed by atoms with Crippen LogP contribution < -0.4 is 0 Å². The summed E-state index contributed by atoms with van der Waals surface area (Å²) in [6.45, 7) is 3.93. The van der Waals surface area contributed by atoms with Crippen molar-refractivity contribution in [3.63, 3.8) is 0 Å². The highest BCUT2D eigenvalue weighted by Gasteiger charge is 2.22. The number of hydrogen-bond acceptors (Lipinski definition) is 3. The molecule has 0 saturated carbocycles. The molecule has 5 nitrogen and oxygen atoms in total. The Balaban J connectivity index is 1.33. The Hall–Kier alpha value is -2.63. The van der Waals surface area contributed by atoms with Crippen LogP contribution in [-0.4, -0.2) is 51.7 Å². The van der Waals surface area contributed by atoms with Gasteiger partial charge in [0.15, 0.2) is 0 Å². The van der Waals surface area contributed by atoms with E-state index in [1.807, 2.05) is 46.1 Å². The van der Waals surface area contributed by atoms with Gasteiger partial charge in [-0.05, 0) is 42.5 Å². The Bertz CT molecular complexity index is 899. The summed E-state index contributed by atoms with van der Waals surface area (Å²) in [5.41, 5.74) is 2.79. The van der Waals surface area contributed by atoms with Crippen molar-refractivity contribution in [1.29, 1.82) is 0 Å². The van der Waals surface area contributed by atoms with E-state index >= 15 is 0 Å². The molecule has 4 rings (SSSR count). The zero-order chi connectivity index (χ0) is 18.6. The van der Waals surface area contributed by atoms with Crippen LogP contribution >= 0.6 is 11.6 Å². The van der Waals surface area contributed by atoms with Crippen molar-refractivity contribution in [3.05, 3.63) is 83.1 Å². The Morgan fingerprint density at radius 3 is 2.33 bits per heavy atom. The number of hydrogen-bond donors (Lipinski definition) is 0. The minimum atomic E-state index is 0.0691. The molecule has 27 heavy (non-hydrogen) atoms. The molecule has 1 aromatic heterocycles. The van der Waals surface area contributed by atoms with Gasteiger partial charge in [-0.3, -0.25) is 9.69 Å². The van der Waals surface area contributed by atoms with Gasteiger partial charge in [0.05, 0.1) is 11.4 Å². The van der Waals surface area contributed by atoms with Crippen molar-refractivity contribution in [3.8, 4) is 5.69 Å². The average Bonchev–Trinajstić information content (AvgIpc) is 3.18. The molecule has 0 atom stereocenters. The molecule has 2 heterocycles. The topological polar surface area (TPSA) is 41.4 Å². The molecule has 138 valence electrons. The van der Waals surface area contributed by atoms with E-state index in [1.165, 1.54) is 0 Å². The molecule has 1 amide bonds. The van der Waals surface area contributed by atoms with E-state index < -0.39 is 0 Å². The number of piperazine rings is 1. The molecule has 0 N–H and O–H groups in total. The standard InChI is InChI=1S/C21H21ClN4O/c22-18-8-6-17(7-9-18)21(27)25-14-12-24(13-15-25)16-19-10-11-26(23-19)20-4-2-1-3-5-20/h1-11H,12-16H2. The predicted octanol–water partition coefficient (Wildman–Crippen LogP) is 3.48. The summed E-state index contributed by atoms with van der Waals surface area (Å²) in [4.78, 5) is 16.8. The lowest BCUT2D eigenvalue weighted by Crippen LogP contribution is -2.48. The Morgan fingerprint density at radius 2 is 1.63 bits per heavy atom. The molecule has 1 aliphatic heterocycles. The molecule has 0 spiro atoms. The summed E-state index contributed by atoms with van der Waals surface area (Å²) in [6, 6.07) is 19.2.